The maximum absolute atomic E-state index is 13.5. The van der Waals surface area contributed by atoms with Gasteiger partial charge < -0.3 is 5.11 Å². The number of benzene rings is 1. The summed E-state index contributed by atoms with van der Waals surface area (Å²) in [6.45, 7) is 1.98. The van der Waals surface area contributed by atoms with E-state index in [0.717, 1.165) is 12.8 Å². The number of aliphatic carboxylic acids is 1. The summed E-state index contributed by atoms with van der Waals surface area (Å²) in [5.74, 6) is -2.17. The number of unbranched alkanes of at least 4 members (excludes halogenated alkanes) is 1. The molecule has 1 rings (SSSR count). The van der Waals surface area contributed by atoms with Crippen molar-refractivity contribution >= 4 is 21.9 Å². The first kappa shape index (κ1) is 13.2. The van der Waals surface area contributed by atoms with Crippen LogP contribution in [0.15, 0.2) is 22.7 Å². The normalized spacial score (nSPS) is 12.4. The van der Waals surface area contributed by atoms with Crippen molar-refractivity contribution in [1.82, 2.24) is 0 Å². The van der Waals surface area contributed by atoms with Gasteiger partial charge in [0.1, 0.15) is 5.82 Å². The van der Waals surface area contributed by atoms with Crippen molar-refractivity contribution in [1.29, 1.82) is 0 Å². The first-order valence-corrected chi connectivity index (χ1v) is 6.03. The van der Waals surface area contributed by atoms with E-state index in [0.29, 0.717) is 10.9 Å². The minimum atomic E-state index is -0.967. The number of carboxylic acid groups (broad SMARTS) is 1. The lowest BCUT2D eigenvalue weighted by Crippen LogP contribution is -2.13. The van der Waals surface area contributed by atoms with Crippen molar-refractivity contribution in [3.8, 4) is 0 Å². The number of rotatable bonds is 5. The number of carboxylic acids is 1. The molecule has 88 valence electrons. The molecule has 0 aliphatic heterocycles. The zero-order valence-corrected chi connectivity index (χ0v) is 10.6. The molecule has 0 aliphatic carbocycles. The predicted octanol–water partition coefficient (Wildman–Crippen LogP) is 3.95. The summed E-state index contributed by atoms with van der Waals surface area (Å²) in [5.41, 5.74) is 0.260. The summed E-state index contributed by atoms with van der Waals surface area (Å²) in [6, 6.07) is 4.41. The summed E-state index contributed by atoms with van der Waals surface area (Å²) >= 11 is 3.22. The van der Waals surface area contributed by atoms with Gasteiger partial charge in [-0.15, -0.1) is 0 Å². The van der Waals surface area contributed by atoms with E-state index in [2.05, 4.69) is 15.9 Å². The van der Waals surface area contributed by atoms with Gasteiger partial charge >= 0.3 is 5.97 Å². The molecule has 1 aromatic rings. The Kier molecular flexibility index (Phi) is 4.93. The zero-order valence-electron chi connectivity index (χ0n) is 9.04. The number of hydrogen-bond acceptors (Lipinski definition) is 1. The minimum Gasteiger partial charge on any atom is -0.481 e. The van der Waals surface area contributed by atoms with E-state index in [-0.39, 0.29) is 5.56 Å². The fourth-order valence-corrected chi connectivity index (χ4v) is 1.98. The molecule has 0 saturated heterocycles. The highest BCUT2D eigenvalue weighted by molar-refractivity contribution is 9.10. The number of hydrogen-bond donors (Lipinski definition) is 1. The molecular weight excluding hydrogens is 275 g/mol. The lowest BCUT2D eigenvalue weighted by molar-refractivity contribution is -0.139. The highest BCUT2D eigenvalue weighted by Crippen LogP contribution is 2.27. The van der Waals surface area contributed by atoms with Gasteiger partial charge in [-0.25, -0.2) is 4.39 Å². The van der Waals surface area contributed by atoms with Crippen LogP contribution < -0.4 is 0 Å². The topological polar surface area (TPSA) is 37.3 Å². The van der Waals surface area contributed by atoms with Gasteiger partial charge in [0.15, 0.2) is 0 Å². The van der Waals surface area contributed by atoms with Crippen molar-refractivity contribution in [2.75, 3.05) is 0 Å². The van der Waals surface area contributed by atoms with Crippen LogP contribution in [0.4, 0.5) is 4.39 Å². The van der Waals surface area contributed by atoms with Gasteiger partial charge in [0.05, 0.1) is 5.92 Å². The summed E-state index contributed by atoms with van der Waals surface area (Å²) in [5, 5.41) is 9.09. The maximum atomic E-state index is 13.5. The first-order valence-electron chi connectivity index (χ1n) is 5.24. The van der Waals surface area contributed by atoms with Gasteiger partial charge in [0.25, 0.3) is 0 Å². The average molecular weight is 289 g/mol. The van der Waals surface area contributed by atoms with Crippen LogP contribution in [0.3, 0.4) is 0 Å². The molecule has 0 heterocycles. The molecule has 0 saturated carbocycles. The molecule has 1 unspecified atom stereocenters. The van der Waals surface area contributed by atoms with E-state index >= 15 is 0 Å². The SMILES string of the molecule is CCCCC(C(=O)O)c1cc(Br)ccc1F. The summed E-state index contributed by atoms with van der Waals surface area (Å²) in [6.07, 6.45) is 2.15. The molecule has 1 aromatic carbocycles. The predicted molar refractivity (Wildman–Crippen MR) is 64.0 cm³/mol. The molecule has 0 bridgehead atoms. The van der Waals surface area contributed by atoms with Crippen molar-refractivity contribution in [2.45, 2.75) is 32.1 Å². The van der Waals surface area contributed by atoms with Crippen LogP contribution in [0.1, 0.15) is 37.7 Å². The zero-order chi connectivity index (χ0) is 12.1. The highest BCUT2D eigenvalue weighted by Gasteiger charge is 2.22. The molecule has 2 nitrogen and oxygen atoms in total. The van der Waals surface area contributed by atoms with Crippen LogP contribution in [0, 0.1) is 5.82 Å². The van der Waals surface area contributed by atoms with Crippen LogP contribution in [-0.4, -0.2) is 11.1 Å². The van der Waals surface area contributed by atoms with Crippen LogP contribution in [0.25, 0.3) is 0 Å². The molecular formula is C12H14BrFO2. The smallest absolute Gasteiger partial charge is 0.311 e. The van der Waals surface area contributed by atoms with Gasteiger partial charge in [0, 0.05) is 10.0 Å². The third-order valence-electron chi connectivity index (χ3n) is 2.48. The molecule has 0 aromatic heterocycles. The van der Waals surface area contributed by atoms with E-state index in [9.17, 15) is 9.18 Å². The minimum absolute atomic E-state index is 0.260. The Morgan fingerprint density at radius 2 is 2.25 bits per heavy atom. The van der Waals surface area contributed by atoms with E-state index in [1.807, 2.05) is 6.92 Å². The molecule has 0 spiro atoms. The highest BCUT2D eigenvalue weighted by atomic mass is 79.9. The Labute approximate surface area is 103 Å². The standard InChI is InChI=1S/C12H14BrFO2/c1-2-3-4-9(12(15)16)10-7-8(13)5-6-11(10)14/h5-7,9H,2-4H2,1H3,(H,15,16). The van der Waals surface area contributed by atoms with Crippen molar-refractivity contribution in [3.05, 3.63) is 34.1 Å². The van der Waals surface area contributed by atoms with E-state index in [1.165, 1.54) is 6.07 Å². The van der Waals surface area contributed by atoms with Gasteiger partial charge in [-0.05, 0) is 24.6 Å². The third-order valence-corrected chi connectivity index (χ3v) is 2.97. The average Bonchev–Trinajstić information content (AvgIpc) is 2.23. The van der Waals surface area contributed by atoms with Crippen LogP contribution >= 0.6 is 15.9 Å². The summed E-state index contributed by atoms with van der Waals surface area (Å²) in [4.78, 5) is 11.1. The fraction of sp³-hybridized carbons (Fsp3) is 0.417. The molecule has 0 fully saturated rings. The molecule has 16 heavy (non-hydrogen) atoms. The first-order chi connectivity index (χ1) is 7.56. The second-order valence-electron chi connectivity index (χ2n) is 3.70. The Balaban J connectivity index is 3.00. The molecule has 1 N–H and O–H groups in total. The van der Waals surface area contributed by atoms with Gasteiger partial charge in [-0.3, -0.25) is 4.79 Å². The largest absolute Gasteiger partial charge is 0.481 e. The van der Waals surface area contributed by atoms with Crippen molar-refractivity contribution in [2.24, 2.45) is 0 Å². The summed E-state index contributed by atoms with van der Waals surface area (Å²) in [7, 11) is 0. The number of halogens is 2. The quantitative estimate of drug-likeness (QED) is 0.891. The Bertz CT molecular complexity index is 379. The lowest BCUT2D eigenvalue weighted by atomic mass is 9.93. The number of carbonyl (C=O) groups is 1. The lowest BCUT2D eigenvalue weighted by Gasteiger charge is -2.13. The van der Waals surface area contributed by atoms with Gasteiger partial charge in [0.2, 0.25) is 0 Å². The molecule has 0 radical (unpaired) electrons. The Morgan fingerprint density at radius 1 is 1.56 bits per heavy atom. The fourth-order valence-electron chi connectivity index (χ4n) is 1.60. The van der Waals surface area contributed by atoms with Crippen LogP contribution in [-0.2, 0) is 4.79 Å². The third kappa shape index (κ3) is 3.30. The van der Waals surface area contributed by atoms with Gasteiger partial charge in [-0.1, -0.05) is 35.7 Å². The van der Waals surface area contributed by atoms with Crippen LogP contribution in [0.2, 0.25) is 0 Å². The monoisotopic (exact) mass is 288 g/mol. The van der Waals surface area contributed by atoms with E-state index < -0.39 is 17.7 Å². The van der Waals surface area contributed by atoms with Crippen LogP contribution in [0.5, 0.6) is 0 Å². The molecule has 0 amide bonds. The molecule has 0 aliphatic rings. The van der Waals surface area contributed by atoms with Crippen molar-refractivity contribution in [3.63, 3.8) is 0 Å². The Hall–Kier alpha value is -0.900. The molecule has 4 heteroatoms. The van der Waals surface area contributed by atoms with E-state index in [4.69, 9.17) is 5.11 Å². The molecule has 1 atom stereocenters. The maximum Gasteiger partial charge on any atom is 0.311 e. The second-order valence-corrected chi connectivity index (χ2v) is 4.61. The van der Waals surface area contributed by atoms with Gasteiger partial charge in [-0.2, -0.15) is 0 Å². The van der Waals surface area contributed by atoms with Crippen molar-refractivity contribution < 1.29 is 14.3 Å². The second kappa shape index (κ2) is 5.99. The Morgan fingerprint density at radius 3 is 2.81 bits per heavy atom. The van der Waals surface area contributed by atoms with E-state index in [1.54, 1.807) is 12.1 Å². The summed E-state index contributed by atoms with van der Waals surface area (Å²) < 4.78 is 14.2.